The van der Waals surface area contributed by atoms with Gasteiger partial charge in [0, 0.05) is 13.6 Å². The van der Waals surface area contributed by atoms with Crippen LogP contribution in [0.25, 0.3) is 0 Å². The third-order valence-electron chi connectivity index (χ3n) is 2.97. The minimum absolute atomic E-state index is 0.0421. The molecule has 0 aliphatic heterocycles. The van der Waals surface area contributed by atoms with Crippen molar-refractivity contribution in [3.63, 3.8) is 0 Å². The lowest BCUT2D eigenvalue weighted by atomic mass is 10.2. The van der Waals surface area contributed by atoms with Gasteiger partial charge in [-0.15, -0.1) is 0 Å². The van der Waals surface area contributed by atoms with Gasteiger partial charge in [-0.25, -0.2) is 12.8 Å². The first-order valence-corrected chi connectivity index (χ1v) is 7.58. The fourth-order valence-corrected chi connectivity index (χ4v) is 3.09. The molecule has 0 fully saturated rings. The Kier molecular flexibility index (Phi) is 4.36. The number of rotatable bonds is 4. The zero-order valence-corrected chi connectivity index (χ0v) is 12.1. The summed E-state index contributed by atoms with van der Waals surface area (Å²) in [4.78, 5) is 0.0421. The van der Waals surface area contributed by atoms with Gasteiger partial charge in [-0.1, -0.05) is 18.2 Å². The van der Waals surface area contributed by atoms with Gasteiger partial charge in [0.15, 0.2) is 0 Å². The molecule has 0 N–H and O–H groups in total. The maximum Gasteiger partial charge on any atom is 0.243 e. The summed E-state index contributed by atoms with van der Waals surface area (Å²) < 4.78 is 39.1. The Bertz CT molecular complexity index is 797. The maximum atomic E-state index is 13.1. The molecule has 0 heterocycles. The second kappa shape index (κ2) is 6.04. The highest BCUT2D eigenvalue weighted by Crippen LogP contribution is 2.18. The number of hydrogen-bond acceptors (Lipinski definition) is 3. The zero-order valence-electron chi connectivity index (χ0n) is 11.3. The largest absolute Gasteiger partial charge is 0.243 e. The molecule has 0 aliphatic carbocycles. The van der Waals surface area contributed by atoms with E-state index in [1.54, 1.807) is 6.07 Å². The van der Waals surface area contributed by atoms with Crippen LogP contribution >= 0.6 is 0 Å². The topological polar surface area (TPSA) is 61.2 Å². The molecule has 0 bridgehead atoms. The van der Waals surface area contributed by atoms with Crippen LogP contribution in [0.5, 0.6) is 0 Å². The average molecular weight is 304 g/mol. The summed E-state index contributed by atoms with van der Waals surface area (Å²) in [6.07, 6.45) is 0. The zero-order chi connectivity index (χ0) is 15.5. The van der Waals surface area contributed by atoms with Gasteiger partial charge in [-0.3, -0.25) is 0 Å². The van der Waals surface area contributed by atoms with E-state index < -0.39 is 15.8 Å². The predicted molar refractivity (Wildman–Crippen MR) is 76.2 cm³/mol. The molecular formula is C15H13FN2O2S. The van der Waals surface area contributed by atoms with Crippen LogP contribution in [0.1, 0.15) is 11.1 Å². The van der Waals surface area contributed by atoms with Crippen LogP contribution in [-0.2, 0) is 16.6 Å². The van der Waals surface area contributed by atoms with Crippen LogP contribution in [0, 0.1) is 17.1 Å². The van der Waals surface area contributed by atoms with Gasteiger partial charge in [0.05, 0.1) is 16.5 Å². The Hall–Kier alpha value is -2.23. The summed E-state index contributed by atoms with van der Waals surface area (Å²) in [5, 5.41) is 8.83. The van der Waals surface area contributed by atoms with Crippen LogP contribution in [0.4, 0.5) is 4.39 Å². The highest BCUT2D eigenvalue weighted by atomic mass is 32.2. The fourth-order valence-electron chi connectivity index (χ4n) is 1.88. The maximum absolute atomic E-state index is 13.1. The molecule has 0 saturated carbocycles. The molecule has 21 heavy (non-hydrogen) atoms. The first kappa shape index (κ1) is 15.2. The van der Waals surface area contributed by atoms with Crippen LogP contribution in [0.3, 0.4) is 0 Å². The summed E-state index contributed by atoms with van der Waals surface area (Å²) in [6.45, 7) is 0.0525. The quantitative estimate of drug-likeness (QED) is 0.872. The first-order chi connectivity index (χ1) is 9.93. The van der Waals surface area contributed by atoms with E-state index in [2.05, 4.69) is 0 Å². The Morgan fingerprint density at radius 1 is 1.19 bits per heavy atom. The number of nitrogens with zero attached hydrogens (tertiary/aromatic N) is 2. The molecule has 4 nitrogen and oxygen atoms in total. The Morgan fingerprint density at radius 3 is 2.57 bits per heavy atom. The monoisotopic (exact) mass is 304 g/mol. The van der Waals surface area contributed by atoms with E-state index in [9.17, 15) is 12.8 Å². The van der Waals surface area contributed by atoms with E-state index in [1.807, 2.05) is 6.07 Å². The highest BCUT2D eigenvalue weighted by Gasteiger charge is 2.21. The van der Waals surface area contributed by atoms with Crippen LogP contribution in [0.15, 0.2) is 53.4 Å². The Morgan fingerprint density at radius 2 is 1.90 bits per heavy atom. The normalized spacial score (nSPS) is 11.3. The molecule has 108 valence electrons. The highest BCUT2D eigenvalue weighted by molar-refractivity contribution is 7.89. The molecule has 0 unspecified atom stereocenters. The lowest BCUT2D eigenvalue weighted by molar-refractivity contribution is 0.465. The van der Waals surface area contributed by atoms with Gasteiger partial charge in [-0.2, -0.15) is 9.57 Å². The van der Waals surface area contributed by atoms with Crippen molar-refractivity contribution in [3.05, 3.63) is 65.5 Å². The predicted octanol–water partition coefficient (Wildman–Crippen LogP) is 2.52. The molecule has 2 aromatic rings. The smallest absolute Gasteiger partial charge is 0.207 e. The second-order valence-corrected chi connectivity index (χ2v) is 6.58. The molecule has 0 atom stereocenters. The molecule has 0 aromatic heterocycles. The van der Waals surface area contributed by atoms with Gasteiger partial charge < -0.3 is 0 Å². The lowest BCUT2D eigenvalue weighted by Crippen LogP contribution is -2.26. The first-order valence-electron chi connectivity index (χ1n) is 6.14. The Balaban J connectivity index is 2.28. The van der Waals surface area contributed by atoms with E-state index in [0.29, 0.717) is 5.56 Å². The van der Waals surface area contributed by atoms with E-state index in [-0.39, 0.29) is 17.0 Å². The van der Waals surface area contributed by atoms with Gasteiger partial charge in [0.1, 0.15) is 5.82 Å². The van der Waals surface area contributed by atoms with Gasteiger partial charge in [0.2, 0.25) is 10.0 Å². The van der Waals surface area contributed by atoms with Crippen molar-refractivity contribution in [3.8, 4) is 6.07 Å². The van der Waals surface area contributed by atoms with Gasteiger partial charge in [-0.05, 0) is 35.9 Å². The second-order valence-electron chi connectivity index (χ2n) is 4.53. The molecule has 0 amide bonds. The SMILES string of the molecule is CN(Cc1cccc(F)c1)S(=O)(=O)c1cccc(C#N)c1. The van der Waals surface area contributed by atoms with E-state index >= 15 is 0 Å². The number of sulfonamides is 1. The number of benzene rings is 2. The summed E-state index contributed by atoms with van der Waals surface area (Å²) in [7, 11) is -2.31. The van der Waals surface area contributed by atoms with Crippen molar-refractivity contribution in [2.45, 2.75) is 11.4 Å². The summed E-state index contributed by atoms with van der Waals surface area (Å²) in [5.41, 5.74) is 0.827. The number of hydrogen-bond donors (Lipinski definition) is 0. The van der Waals surface area contributed by atoms with Gasteiger partial charge in [0.25, 0.3) is 0 Å². The Labute approximate surface area is 123 Å². The van der Waals surface area contributed by atoms with E-state index in [4.69, 9.17) is 5.26 Å². The van der Waals surface area contributed by atoms with Crippen LogP contribution in [0.2, 0.25) is 0 Å². The van der Waals surface area contributed by atoms with Crippen molar-refractivity contribution in [1.82, 2.24) is 4.31 Å². The van der Waals surface area contributed by atoms with Gasteiger partial charge >= 0.3 is 0 Å². The lowest BCUT2D eigenvalue weighted by Gasteiger charge is -2.17. The molecule has 0 saturated heterocycles. The van der Waals surface area contributed by atoms with Crippen LogP contribution in [-0.4, -0.2) is 19.8 Å². The fraction of sp³-hybridized carbons (Fsp3) is 0.133. The van der Waals surface area contributed by atoms with Crippen molar-refractivity contribution < 1.29 is 12.8 Å². The average Bonchev–Trinajstić information content (AvgIpc) is 2.47. The minimum atomic E-state index is -3.72. The third kappa shape index (κ3) is 3.45. The molecule has 2 rings (SSSR count). The molecule has 2 aromatic carbocycles. The molecule has 6 heteroatoms. The molecule has 0 radical (unpaired) electrons. The van der Waals surface area contributed by atoms with Crippen molar-refractivity contribution in [1.29, 1.82) is 5.26 Å². The summed E-state index contributed by atoms with van der Waals surface area (Å²) >= 11 is 0. The van der Waals surface area contributed by atoms with Crippen molar-refractivity contribution >= 4 is 10.0 Å². The number of halogens is 1. The van der Waals surface area contributed by atoms with Crippen LogP contribution < -0.4 is 0 Å². The standard InChI is InChI=1S/C15H13FN2O2S/c1-18(11-13-5-2-6-14(16)8-13)21(19,20)15-7-3-4-12(9-15)10-17/h2-9H,11H2,1H3. The van der Waals surface area contributed by atoms with Crippen molar-refractivity contribution in [2.24, 2.45) is 0 Å². The third-order valence-corrected chi connectivity index (χ3v) is 4.76. The van der Waals surface area contributed by atoms with Crippen molar-refractivity contribution in [2.75, 3.05) is 7.05 Å². The van der Waals surface area contributed by atoms with E-state index in [0.717, 1.165) is 4.31 Å². The summed E-state index contributed by atoms with van der Waals surface area (Å²) in [5.74, 6) is -0.412. The minimum Gasteiger partial charge on any atom is -0.207 e. The molecular weight excluding hydrogens is 291 g/mol. The van der Waals surface area contributed by atoms with E-state index in [1.165, 1.54) is 49.5 Å². The molecule has 0 aliphatic rings. The number of nitriles is 1. The molecule has 0 spiro atoms. The summed E-state index contributed by atoms with van der Waals surface area (Å²) in [6, 6.07) is 13.5.